The van der Waals surface area contributed by atoms with Crippen molar-refractivity contribution < 1.29 is 19.4 Å². The third kappa shape index (κ3) is 6.55. The number of aromatic carboxylic acids is 1. The number of pyridine rings is 1. The first-order valence-electron chi connectivity index (χ1n) is 14.3. The van der Waals surface area contributed by atoms with Crippen molar-refractivity contribution in [2.24, 2.45) is 0 Å². The molecular formula is C38H34N2O4. The molecule has 220 valence electrons. The van der Waals surface area contributed by atoms with Crippen LogP contribution in [-0.2, 0) is 0 Å². The number of ether oxygens (including phenoxy) is 1. The van der Waals surface area contributed by atoms with Crippen LogP contribution in [0.3, 0.4) is 0 Å². The summed E-state index contributed by atoms with van der Waals surface area (Å²) in [7, 11) is 1.49. The van der Waals surface area contributed by atoms with E-state index >= 15 is 0 Å². The summed E-state index contributed by atoms with van der Waals surface area (Å²) in [6.45, 7) is 5.99. The van der Waals surface area contributed by atoms with Crippen molar-refractivity contribution in [1.29, 1.82) is 0 Å². The number of hydrogen-bond acceptors (Lipinski definition) is 4. The van der Waals surface area contributed by atoms with Gasteiger partial charge in [0, 0.05) is 34.2 Å². The number of carboxylic acids is 1. The number of aryl methyl sites for hydroxylation is 3. The zero-order valence-electron chi connectivity index (χ0n) is 25.2. The lowest BCUT2D eigenvalue weighted by Crippen LogP contribution is -2.13. The number of aromatic nitrogens is 1. The number of carbonyl (C=O) groups excluding carboxylic acids is 1. The van der Waals surface area contributed by atoms with Crippen molar-refractivity contribution in [3.05, 3.63) is 155 Å². The minimum Gasteiger partial charge on any atom is -0.496 e. The highest BCUT2D eigenvalue weighted by atomic mass is 16.5. The molecule has 44 heavy (non-hydrogen) atoms. The Balaban J connectivity index is 0.000000201. The van der Waals surface area contributed by atoms with Gasteiger partial charge < -0.3 is 19.6 Å². The lowest BCUT2D eigenvalue weighted by Gasteiger charge is -2.14. The van der Waals surface area contributed by atoms with Crippen LogP contribution >= 0.6 is 0 Å². The molecule has 0 radical (unpaired) electrons. The minimum atomic E-state index is -1.18. The SMILES string of the molecule is COc1cc(C)ccc1C(=O)c1cccc(Nc2ccc(C)cc2)c1C(=O)O.Cc1cccc2cc(-c3ccccc3)cn12. The van der Waals surface area contributed by atoms with Crippen LogP contribution in [0.1, 0.15) is 43.1 Å². The van der Waals surface area contributed by atoms with Gasteiger partial charge >= 0.3 is 5.97 Å². The van der Waals surface area contributed by atoms with Gasteiger partial charge in [0.1, 0.15) is 5.75 Å². The topological polar surface area (TPSA) is 80.0 Å². The van der Waals surface area contributed by atoms with Gasteiger partial charge in [0.15, 0.2) is 5.78 Å². The lowest BCUT2D eigenvalue weighted by molar-refractivity contribution is 0.0694. The quantitative estimate of drug-likeness (QED) is 0.184. The highest BCUT2D eigenvalue weighted by molar-refractivity contribution is 6.17. The molecule has 6 nitrogen and oxygen atoms in total. The molecule has 0 aliphatic heterocycles. The van der Waals surface area contributed by atoms with Crippen molar-refractivity contribution >= 4 is 28.6 Å². The van der Waals surface area contributed by atoms with Gasteiger partial charge in [0.25, 0.3) is 0 Å². The van der Waals surface area contributed by atoms with Gasteiger partial charge in [-0.25, -0.2) is 4.79 Å². The van der Waals surface area contributed by atoms with E-state index in [-0.39, 0.29) is 11.1 Å². The second-order valence-corrected chi connectivity index (χ2v) is 10.6. The van der Waals surface area contributed by atoms with Gasteiger partial charge in [0.2, 0.25) is 0 Å². The average molecular weight is 583 g/mol. The molecule has 0 amide bonds. The van der Waals surface area contributed by atoms with Crippen LogP contribution in [-0.4, -0.2) is 28.4 Å². The fourth-order valence-corrected chi connectivity index (χ4v) is 5.07. The molecule has 6 heteroatoms. The molecule has 0 spiro atoms. The van der Waals surface area contributed by atoms with E-state index < -0.39 is 11.8 Å². The Kier molecular flexibility index (Phi) is 8.91. The second kappa shape index (κ2) is 13.1. The van der Waals surface area contributed by atoms with E-state index in [2.05, 4.69) is 71.4 Å². The van der Waals surface area contributed by atoms with Crippen LogP contribution in [0.5, 0.6) is 5.75 Å². The van der Waals surface area contributed by atoms with E-state index in [1.807, 2.05) is 44.2 Å². The van der Waals surface area contributed by atoms with Crippen molar-refractivity contribution in [3.8, 4) is 16.9 Å². The number of methoxy groups -OCH3 is 1. The first-order chi connectivity index (χ1) is 21.2. The fraction of sp³-hybridized carbons (Fsp3) is 0.105. The smallest absolute Gasteiger partial charge is 0.338 e. The molecule has 0 atom stereocenters. The predicted octanol–water partition coefficient (Wildman–Crippen LogP) is 8.90. The molecule has 6 rings (SSSR count). The first kappa shape index (κ1) is 29.9. The molecule has 2 heterocycles. The maximum atomic E-state index is 13.1. The molecule has 0 bridgehead atoms. The number of benzene rings is 4. The van der Waals surface area contributed by atoms with Crippen molar-refractivity contribution in [2.75, 3.05) is 12.4 Å². The van der Waals surface area contributed by atoms with Crippen molar-refractivity contribution in [1.82, 2.24) is 4.40 Å². The standard InChI is InChI=1S/C23H21NO4.C15H13N/c1-14-7-10-16(11-8-14)24-19-6-4-5-18(21(19)23(26)27)22(25)17-12-9-15(2)13-20(17)28-3;1-12-6-5-9-15-10-14(11-16(12)15)13-7-3-2-4-8-13/h4-13,24H,1-3H3,(H,26,27);2-11H,1H3. The predicted molar refractivity (Wildman–Crippen MR) is 177 cm³/mol. The van der Waals surface area contributed by atoms with Gasteiger partial charge in [-0.3, -0.25) is 4.79 Å². The van der Waals surface area contributed by atoms with Crippen LogP contribution in [0.15, 0.2) is 121 Å². The van der Waals surface area contributed by atoms with Crippen LogP contribution in [0.25, 0.3) is 16.6 Å². The van der Waals surface area contributed by atoms with E-state index in [0.29, 0.717) is 17.0 Å². The van der Waals surface area contributed by atoms with E-state index in [0.717, 1.165) is 16.8 Å². The number of carboxylic acid groups (broad SMARTS) is 1. The number of hydrogen-bond donors (Lipinski definition) is 2. The zero-order chi connectivity index (χ0) is 31.2. The molecule has 0 unspecified atom stereocenters. The highest BCUT2D eigenvalue weighted by Crippen LogP contribution is 2.29. The molecule has 0 saturated heterocycles. The summed E-state index contributed by atoms with van der Waals surface area (Å²) < 4.78 is 7.55. The number of nitrogens with one attached hydrogen (secondary N) is 1. The Labute approximate surface area is 257 Å². The molecule has 0 saturated carbocycles. The number of anilines is 2. The Morgan fingerprint density at radius 2 is 1.41 bits per heavy atom. The summed E-state index contributed by atoms with van der Waals surface area (Å²) in [5.74, 6) is -1.16. The monoisotopic (exact) mass is 582 g/mol. The Morgan fingerprint density at radius 3 is 2.09 bits per heavy atom. The van der Waals surface area contributed by atoms with Crippen LogP contribution < -0.4 is 10.1 Å². The van der Waals surface area contributed by atoms with Gasteiger partial charge in [0.05, 0.1) is 23.9 Å². The molecular weight excluding hydrogens is 548 g/mol. The maximum Gasteiger partial charge on any atom is 0.338 e. The Morgan fingerprint density at radius 1 is 0.705 bits per heavy atom. The largest absolute Gasteiger partial charge is 0.496 e. The average Bonchev–Trinajstić information content (AvgIpc) is 3.48. The summed E-state index contributed by atoms with van der Waals surface area (Å²) in [5.41, 5.74) is 8.55. The minimum absolute atomic E-state index is 0.0734. The molecule has 0 aliphatic rings. The second-order valence-electron chi connectivity index (χ2n) is 10.6. The molecule has 0 fully saturated rings. The van der Waals surface area contributed by atoms with E-state index in [1.54, 1.807) is 30.3 Å². The van der Waals surface area contributed by atoms with Crippen LogP contribution in [0.2, 0.25) is 0 Å². The summed E-state index contributed by atoms with van der Waals surface area (Å²) in [6.07, 6.45) is 2.19. The number of rotatable bonds is 7. The Hall–Kier alpha value is -5.62. The van der Waals surface area contributed by atoms with Crippen LogP contribution in [0, 0.1) is 20.8 Å². The number of carbonyl (C=O) groups is 2. The van der Waals surface area contributed by atoms with E-state index in [1.165, 1.54) is 35.5 Å². The van der Waals surface area contributed by atoms with Gasteiger partial charge in [-0.1, -0.05) is 72.3 Å². The van der Waals surface area contributed by atoms with Gasteiger partial charge in [-0.05, 0) is 80.4 Å². The Bertz CT molecular complexity index is 1940. The molecule has 2 aromatic heterocycles. The van der Waals surface area contributed by atoms with Crippen LogP contribution in [0.4, 0.5) is 11.4 Å². The van der Waals surface area contributed by atoms with Crippen molar-refractivity contribution in [3.63, 3.8) is 0 Å². The lowest BCUT2D eigenvalue weighted by atomic mass is 9.95. The normalized spacial score (nSPS) is 10.5. The molecule has 6 aromatic rings. The summed E-state index contributed by atoms with van der Waals surface area (Å²) in [6, 6.07) is 36.7. The van der Waals surface area contributed by atoms with Gasteiger partial charge in [-0.15, -0.1) is 0 Å². The zero-order valence-corrected chi connectivity index (χ0v) is 25.2. The number of fused-ring (bicyclic) bond motifs is 1. The molecule has 0 aliphatic carbocycles. The third-order valence-corrected chi connectivity index (χ3v) is 7.40. The van der Waals surface area contributed by atoms with E-state index in [9.17, 15) is 14.7 Å². The van der Waals surface area contributed by atoms with Gasteiger partial charge in [-0.2, -0.15) is 0 Å². The fourth-order valence-electron chi connectivity index (χ4n) is 5.07. The number of ketones is 1. The summed E-state index contributed by atoms with van der Waals surface area (Å²) in [5, 5.41) is 12.9. The summed E-state index contributed by atoms with van der Waals surface area (Å²) in [4.78, 5) is 25.1. The van der Waals surface area contributed by atoms with Crippen molar-refractivity contribution in [2.45, 2.75) is 20.8 Å². The highest BCUT2D eigenvalue weighted by Gasteiger charge is 2.23. The number of nitrogens with zero attached hydrogens (tertiary/aromatic N) is 1. The van der Waals surface area contributed by atoms with E-state index in [4.69, 9.17) is 4.74 Å². The first-order valence-corrected chi connectivity index (χ1v) is 14.3. The molecule has 2 N–H and O–H groups in total. The third-order valence-electron chi connectivity index (χ3n) is 7.40. The maximum absolute atomic E-state index is 13.1. The molecule has 4 aromatic carbocycles. The summed E-state index contributed by atoms with van der Waals surface area (Å²) >= 11 is 0.